The maximum Gasteiger partial charge on any atom is 0.274 e. The molecule has 31 heavy (non-hydrogen) atoms. The molecule has 0 radical (unpaired) electrons. The molecule has 1 N–H and O–H groups in total. The molecule has 1 aromatic heterocycles. The maximum atomic E-state index is 13.3. The van der Waals surface area contributed by atoms with E-state index in [0.29, 0.717) is 16.4 Å². The number of carbonyl (C=O) groups excluding carboxylic acids is 1. The molecule has 0 fully saturated rings. The molecule has 0 saturated heterocycles. The van der Waals surface area contributed by atoms with Crippen LogP contribution >= 0.6 is 11.6 Å². The molecule has 1 amide bonds. The van der Waals surface area contributed by atoms with Crippen LogP contribution in [0.15, 0.2) is 66.7 Å². The van der Waals surface area contributed by atoms with Crippen LogP contribution in [0.3, 0.4) is 0 Å². The van der Waals surface area contributed by atoms with Gasteiger partial charge < -0.3 is 5.32 Å². The molecule has 0 bridgehead atoms. The first-order valence-electron chi connectivity index (χ1n) is 10.1. The molecule has 4 rings (SSSR count). The zero-order chi connectivity index (χ0) is 22.1. The van der Waals surface area contributed by atoms with Gasteiger partial charge in [-0.1, -0.05) is 48.0 Å². The highest BCUT2D eigenvalue weighted by molar-refractivity contribution is 6.33. The Balaban J connectivity index is 1.83. The lowest BCUT2D eigenvalue weighted by Crippen LogP contribution is -2.17. The number of anilines is 1. The second-order valence-corrected chi connectivity index (χ2v) is 8.26. The van der Waals surface area contributed by atoms with E-state index in [0.717, 1.165) is 33.6 Å². The van der Waals surface area contributed by atoms with E-state index in [2.05, 4.69) is 5.32 Å². The first-order valence-corrected chi connectivity index (χ1v) is 10.5. The van der Waals surface area contributed by atoms with Gasteiger partial charge in [-0.15, -0.1) is 0 Å². The fourth-order valence-electron chi connectivity index (χ4n) is 3.49. The Labute approximate surface area is 187 Å². The van der Waals surface area contributed by atoms with Crippen molar-refractivity contribution >= 4 is 23.2 Å². The Hall–Kier alpha value is -3.37. The highest BCUT2D eigenvalue weighted by Crippen LogP contribution is 2.29. The van der Waals surface area contributed by atoms with Gasteiger partial charge in [0.05, 0.1) is 16.4 Å². The third-order valence-corrected chi connectivity index (χ3v) is 5.78. The first-order chi connectivity index (χ1) is 14.8. The van der Waals surface area contributed by atoms with Crippen molar-refractivity contribution in [2.24, 2.45) is 0 Å². The largest absolute Gasteiger partial charge is 0.321 e. The average Bonchev–Trinajstić information content (AvgIpc) is 3.18. The van der Waals surface area contributed by atoms with Gasteiger partial charge in [0, 0.05) is 11.3 Å². The molecule has 1 heterocycles. The third-order valence-electron chi connectivity index (χ3n) is 5.45. The van der Waals surface area contributed by atoms with Crippen LogP contribution in [0.25, 0.3) is 16.9 Å². The smallest absolute Gasteiger partial charge is 0.274 e. The molecule has 3 aromatic carbocycles. The zero-order valence-corrected chi connectivity index (χ0v) is 18.8. The summed E-state index contributed by atoms with van der Waals surface area (Å²) in [4.78, 5) is 13.3. The van der Waals surface area contributed by atoms with Crippen molar-refractivity contribution < 1.29 is 4.79 Å². The van der Waals surface area contributed by atoms with Crippen molar-refractivity contribution in [1.29, 1.82) is 0 Å². The minimum absolute atomic E-state index is 0.227. The fraction of sp³-hybridized carbons (Fsp3) is 0.154. The molecule has 0 aliphatic rings. The van der Waals surface area contributed by atoms with Gasteiger partial charge in [-0.05, 0) is 80.3 Å². The minimum Gasteiger partial charge on any atom is -0.321 e. The summed E-state index contributed by atoms with van der Waals surface area (Å²) in [5.41, 5.74) is 7.92. The normalized spacial score (nSPS) is 10.9. The number of nitrogens with one attached hydrogen (secondary N) is 1. The van der Waals surface area contributed by atoms with Crippen molar-refractivity contribution in [3.8, 4) is 16.9 Å². The van der Waals surface area contributed by atoms with Gasteiger partial charge >= 0.3 is 0 Å². The monoisotopic (exact) mass is 429 g/mol. The lowest BCUT2D eigenvalue weighted by Gasteiger charge is -2.12. The topological polar surface area (TPSA) is 46.9 Å². The molecule has 0 aliphatic carbocycles. The predicted molar refractivity (Wildman–Crippen MR) is 127 cm³/mol. The molecular weight excluding hydrogens is 406 g/mol. The standard InChI is InChI=1S/C26H24ClN3O/c1-16-9-10-18(3)24(13-16)30-25(15-23(29-30)21-7-5-6-8-22(21)27)26(31)28-20-12-11-17(2)19(4)14-20/h5-15H,1-4H3,(H,28,31). The van der Waals surface area contributed by atoms with Gasteiger partial charge in [-0.2, -0.15) is 5.10 Å². The SMILES string of the molecule is Cc1ccc(C)c(-n2nc(-c3ccccc3Cl)cc2C(=O)Nc2ccc(C)c(C)c2)c1. The Bertz CT molecular complexity index is 1290. The number of nitrogens with zero attached hydrogens (tertiary/aromatic N) is 2. The molecule has 0 spiro atoms. The van der Waals surface area contributed by atoms with E-state index >= 15 is 0 Å². The van der Waals surface area contributed by atoms with Crippen LogP contribution in [-0.4, -0.2) is 15.7 Å². The van der Waals surface area contributed by atoms with Gasteiger partial charge in [0.15, 0.2) is 0 Å². The van der Waals surface area contributed by atoms with Crippen molar-refractivity contribution in [1.82, 2.24) is 9.78 Å². The Morgan fingerprint density at radius 3 is 2.35 bits per heavy atom. The number of rotatable bonds is 4. The summed E-state index contributed by atoms with van der Waals surface area (Å²) >= 11 is 6.41. The van der Waals surface area contributed by atoms with Gasteiger partial charge in [0.1, 0.15) is 5.69 Å². The Morgan fingerprint density at radius 1 is 0.871 bits per heavy atom. The summed E-state index contributed by atoms with van der Waals surface area (Å²) in [5, 5.41) is 8.39. The van der Waals surface area contributed by atoms with Crippen molar-refractivity contribution in [2.45, 2.75) is 27.7 Å². The molecule has 4 nitrogen and oxygen atoms in total. The molecule has 0 atom stereocenters. The van der Waals surface area contributed by atoms with E-state index in [9.17, 15) is 4.79 Å². The molecular formula is C26H24ClN3O. The van der Waals surface area contributed by atoms with E-state index in [-0.39, 0.29) is 5.91 Å². The summed E-state index contributed by atoms with van der Waals surface area (Å²) in [6.07, 6.45) is 0. The second-order valence-electron chi connectivity index (χ2n) is 7.85. The summed E-state index contributed by atoms with van der Waals surface area (Å²) in [7, 11) is 0. The molecule has 156 valence electrons. The van der Waals surface area contributed by atoms with Crippen LogP contribution in [0.4, 0.5) is 5.69 Å². The fourth-order valence-corrected chi connectivity index (χ4v) is 3.72. The Kier molecular flexibility index (Phi) is 5.66. The zero-order valence-electron chi connectivity index (χ0n) is 18.0. The summed E-state index contributed by atoms with van der Waals surface area (Å²) in [5.74, 6) is -0.227. The number of hydrogen-bond donors (Lipinski definition) is 1. The second kappa shape index (κ2) is 8.40. The number of aryl methyl sites for hydroxylation is 4. The van der Waals surface area contributed by atoms with E-state index in [1.165, 1.54) is 5.56 Å². The van der Waals surface area contributed by atoms with Gasteiger partial charge in [-0.3, -0.25) is 4.79 Å². The van der Waals surface area contributed by atoms with Gasteiger partial charge in [0.25, 0.3) is 5.91 Å². The third kappa shape index (κ3) is 4.25. The van der Waals surface area contributed by atoms with Crippen LogP contribution in [0.2, 0.25) is 5.02 Å². The van der Waals surface area contributed by atoms with Crippen LogP contribution in [0.5, 0.6) is 0 Å². The predicted octanol–water partition coefficient (Wildman–Crippen LogP) is 6.68. The highest BCUT2D eigenvalue weighted by Gasteiger charge is 2.20. The Morgan fingerprint density at radius 2 is 1.61 bits per heavy atom. The number of benzene rings is 3. The minimum atomic E-state index is -0.227. The van der Waals surface area contributed by atoms with Crippen LogP contribution in [0, 0.1) is 27.7 Å². The lowest BCUT2D eigenvalue weighted by molar-refractivity contribution is 0.101. The summed E-state index contributed by atoms with van der Waals surface area (Å²) in [6, 6.07) is 21.3. The molecule has 0 unspecified atom stereocenters. The summed E-state index contributed by atoms with van der Waals surface area (Å²) < 4.78 is 1.71. The van der Waals surface area contributed by atoms with Crippen molar-refractivity contribution in [3.05, 3.63) is 99.7 Å². The van der Waals surface area contributed by atoms with E-state index in [4.69, 9.17) is 16.7 Å². The molecule has 0 saturated carbocycles. The van der Waals surface area contributed by atoms with Crippen LogP contribution in [0.1, 0.15) is 32.7 Å². The van der Waals surface area contributed by atoms with Gasteiger partial charge in [-0.25, -0.2) is 4.68 Å². The average molecular weight is 430 g/mol. The number of hydrogen-bond acceptors (Lipinski definition) is 2. The van der Waals surface area contributed by atoms with Crippen molar-refractivity contribution in [3.63, 3.8) is 0 Å². The van der Waals surface area contributed by atoms with Gasteiger partial charge in [0.2, 0.25) is 0 Å². The molecule has 5 heteroatoms. The van der Waals surface area contributed by atoms with E-state index < -0.39 is 0 Å². The maximum absolute atomic E-state index is 13.3. The number of aromatic nitrogens is 2. The number of carbonyl (C=O) groups is 1. The first kappa shape index (κ1) is 20.9. The van der Waals surface area contributed by atoms with Crippen molar-refractivity contribution in [2.75, 3.05) is 5.32 Å². The quantitative estimate of drug-likeness (QED) is 0.393. The van der Waals surface area contributed by atoms with E-state index in [1.54, 1.807) is 10.7 Å². The number of amides is 1. The summed E-state index contributed by atoms with van der Waals surface area (Å²) in [6.45, 7) is 8.11. The number of halogens is 1. The lowest BCUT2D eigenvalue weighted by atomic mass is 10.1. The van der Waals surface area contributed by atoms with Crippen LogP contribution in [-0.2, 0) is 0 Å². The van der Waals surface area contributed by atoms with E-state index in [1.807, 2.05) is 88.4 Å². The molecule has 0 aliphatic heterocycles. The highest BCUT2D eigenvalue weighted by atomic mass is 35.5. The van der Waals surface area contributed by atoms with Crippen LogP contribution < -0.4 is 5.32 Å². The molecule has 4 aromatic rings.